The first-order chi connectivity index (χ1) is 11.6. The number of hydrogen-bond donors (Lipinski definition) is 2. The Kier molecular flexibility index (Phi) is 6.62. The molecule has 0 aliphatic heterocycles. The van der Waals surface area contributed by atoms with Crippen molar-refractivity contribution in [1.82, 2.24) is 5.32 Å². The largest absolute Gasteiger partial charge is 0.461 e. The van der Waals surface area contributed by atoms with E-state index in [9.17, 15) is 9.18 Å². The van der Waals surface area contributed by atoms with Crippen LogP contribution in [0.15, 0.2) is 40.8 Å². The number of halogens is 2. The summed E-state index contributed by atoms with van der Waals surface area (Å²) in [6, 6.07) is 10.0. The predicted octanol–water partition coefficient (Wildman–Crippen LogP) is 3.83. The van der Waals surface area contributed by atoms with E-state index >= 15 is 0 Å². The van der Waals surface area contributed by atoms with Gasteiger partial charge < -0.3 is 15.5 Å². The first kappa shape index (κ1) is 19.5. The summed E-state index contributed by atoms with van der Waals surface area (Å²) in [5, 5.41) is 3.09. The molecule has 3 rings (SSSR count). The lowest BCUT2D eigenvalue weighted by Gasteiger charge is -2.28. The molecule has 1 aromatic carbocycles. The quantitative estimate of drug-likeness (QED) is 0.816. The molecule has 1 aliphatic rings. The minimum atomic E-state index is -0.317. The van der Waals surface area contributed by atoms with E-state index in [0.717, 1.165) is 25.7 Å². The van der Waals surface area contributed by atoms with Gasteiger partial charge in [0.05, 0.1) is 11.1 Å². The molecule has 136 valence electrons. The molecule has 3 N–H and O–H groups in total. The summed E-state index contributed by atoms with van der Waals surface area (Å²) in [5.41, 5.74) is 6.05. The molecule has 1 aromatic heterocycles. The Hall–Kier alpha value is -1.85. The maximum Gasteiger partial charge on any atom is 0.220 e. The van der Waals surface area contributed by atoms with E-state index in [1.165, 1.54) is 6.07 Å². The molecule has 1 saturated carbocycles. The molecule has 0 bridgehead atoms. The molecule has 1 heterocycles. The fourth-order valence-corrected chi connectivity index (χ4v) is 3.34. The van der Waals surface area contributed by atoms with E-state index < -0.39 is 0 Å². The molecule has 0 unspecified atom stereocenters. The van der Waals surface area contributed by atoms with Gasteiger partial charge in [-0.15, -0.1) is 12.4 Å². The van der Waals surface area contributed by atoms with Crippen LogP contribution in [0.1, 0.15) is 37.9 Å². The lowest BCUT2D eigenvalue weighted by molar-refractivity contribution is -0.122. The van der Waals surface area contributed by atoms with Gasteiger partial charge in [-0.3, -0.25) is 4.79 Å². The number of benzene rings is 1. The molecule has 6 heteroatoms. The summed E-state index contributed by atoms with van der Waals surface area (Å²) in [6.07, 6.45) is 4.96. The molecule has 0 saturated heterocycles. The Balaban J connectivity index is 0.00000225. The molecule has 1 fully saturated rings. The maximum absolute atomic E-state index is 13.8. The number of nitrogens with two attached hydrogens (primary N) is 1. The van der Waals surface area contributed by atoms with Gasteiger partial charge in [0.1, 0.15) is 17.3 Å². The Morgan fingerprint density at radius 3 is 2.60 bits per heavy atom. The number of amides is 1. The molecule has 2 aromatic rings. The van der Waals surface area contributed by atoms with Crippen LogP contribution in [0.3, 0.4) is 0 Å². The zero-order valence-corrected chi connectivity index (χ0v) is 14.9. The van der Waals surface area contributed by atoms with Crippen molar-refractivity contribution in [3.63, 3.8) is 0 Å². The first-order valence-corrected chi connectivity index (χ1v) is 8.47. The van der Waals surface area contributed by atoms with E-state index in [1.54, 1.807) is 30.3 Å². The minimum absolute atomic E-state index is 0. The number of carbonyl (C=O) groups is 1. The highest BCUT2D eigenvalue weighted by Crippen LogP contribution is 2.29. The van der Waals surface area contributed by atoms with Crippen molar-refractivity contribution < 1.29 is 13.6 Å². The third-order valence-corrected chi connectivity index (χ3v) is 4.76. The monoisotopic (exact) mass is 366 g/mol. The molecule has 1 amide bonds. The fourth-order valence-electron chi connectivity index (χ4n) is 3.34. The third kappa shape index (κ3) is 4.61. The maximum atomic E-state index is 13.8. The minimum Gasteiger partial charge on any atom is -0.461 e. The van der Waals surface area contributed by atoms with Crippen LogP contribution < -0.4 is 11.1 Å². The topological polar surface area (TPSA) is 68.3 Å². The van der Waals surface area contributed by atoms with E-state index in [-0.39, 0.29) is 29.7 Å². The number of carbonyl (C=O) groups excluding carboxylic acids is 1. The highest BCUT2D eigenvalue weighted by molar-refractivity contribution is 5.85. The lowest BCUT2D eigenvalue weighted by atomic mass is 9.97. The van der Waals surface area contributed by atoms with Gasteiger partial charge in [0.15, 0.2) is 0 Å². The summed E-state index contributed by atoms with van der Waals surface area (Å²) >= 11 is 0. The summed E-state index contributed by atoms with van der Waals surface area (Å²) < 4.78 is 19.4. The fraction of sp³-hybridized carbons (Fsp3) is 0.421. The van der Waals surface area contributed by atoms with Crippen LogP contribution in [0.5, 0.6) is 0 Å². The van der Waals surface area contributed by atoms with E-state index in [2.05, 4.69) is 5.32 Å². The Morgan fingerprint density at radius 2 is 1.92 bits per heavy atom. The number of aryl methyl sites for hydroxylation is 1. The zero-order chi connectivity index (χ0) is 17.0. The van der Waals surface area contributed by atoms with E-state index in [1.807, 2.05) is 0 Å². The highest BCUT2D eigenvalue weighted by atomic mass is 35.5. The second kappa shape index (κ2) is 8.50. The van der Waals surface area contributed by atoms with Gasteiger partial charge in [-0.25, -0.2) is 4.39 Å². The number of furan rings is 1. The first-order valence-electron chi connectivity index (χ1n) is 8.47. The summed E-state index contributed by atoms with van der Waals surface area (Å²) in [6.45, 7) is 0.483. The third-order valence-electron chi connectivity index (χ3n) is 4.76. The van der Waals surface area contributed by atoms with Crippen LogP contribution >= 0.6 is 12.4 Å². The van der Waals surface area contributed by atoms with Crippen molar-refractivity contribution in [3.8, 4) is 11.3 Å². The second-order valence-electron chi connectivity index (χ2n) is 6.49. The molecule has 0 spiro atoms. The van der Waals surface area contributed by atoms with Crippen LogP contribution in [0.25, 0.3) is 11.3 Å². The van der Waals surface area contributed by atoms with Gasteiger partial charge in [0, 0.05) is 19.4 Å². The van der Waals surface area contributed by atoms with Crippen molar-refractivity contribution in [2.45, 2.75) is 44.1 Å². The Labute approximate surface area is 153 Å². The SMILES string of the molecule is Cl.NCC1(NC(=O)CCc2ccc(-c3ccccc3F)o2)CCCC1. The van der Waals surface area contributed by atoms with Gasteiger partial charge in [-0.1, -0.05) is 25.0 Å². The molecule has 4 nitrogen and oxygen atoms in total. The highest BCUT2D eigenvalue weighted by Gasteiger charge is 2.33. The molecule has 0 atom stereocenters. The van der Waals surface area contributed by atoms with Gasteiger partial charge >= 0.3 is 0 Å². The normalized spacial score (nSPS) is 15.6. The number of nitrogens with one attached hydrogen (secondary N) is 1. The van der Waals surface area contributed by atoms with Gasteiger partial charge in [-0.2, -0.15) is 0 Å². The Morgan fingerprint density at radius 1 is 1.20 bits per heavy atom. The average molecular weight is 367 g/mol. The molecule has 0 radical (unpaired) electrons. The second-order valence-corrected chi connectivity index (χ2v) is 6.49. The number of rotatable bonds is 6. The van der Waals surface area contributed by atoms with Crippen molar-refractivity contribution >= 4 is 18.3 Å². The summed E-state index contributed by atoms with van der Waals surface area (Å²) in [4.78, 5) is 12.2. The summed E-state index contributed by atoms with van der Waals surface area (Å²) in [5.74, 6) is 0.836. The van der Waals surface area contributed by atoms with E-state index in [4.69, 9.17) is 10.2 Å². The van der Waals surface area contributed by atoms with Crippen LogP contribution in [-0.4, -0.2) is 18.0 Å². The average Bonchev–Trinajstić information content (AvgIpc) is 3.23. The van der Waals surface area contributed by atoms with Crippen LogP contribution in [0.2, 0.25) is 0 Å². The molecular formula is C19H24ClFN2O2. The van der Waals surface area contributed by atoms with E-state index in [0.29, 0.717) is 36.5 Å². The summed E-state index contributed by atoms with van der Waals surface area (Å²) in [7, 11) is 0. The Bertz CT molecular complexity index is 711. The van der Waals surface area contributed by atoms with Crippen LogP contribution in [-0.2, 0) is 11.2 Å². The molecule has 25 heavy (non-hydrogen) atoms. The lowest BCUT2D eigenvalue weighted by Crippen LogP contribution is -2.51. The van der Waals surface area contributed by atoms with Crippen molar-refractivity contribution in [2.24, 2.45) is 5.73 Å². The van der Waals surface area contributed by atoms with Gasteiger partial charge in [-0.05, 0) is 37.1 Å². The standard InChI is InChI=1S/C19H23FN2O2.ClH/c20-16-6-2-1-5-15(16)17-9-7-14(24-17)8-10-18(23)22-19(13-21)11-3-4-12-19;/h1-2,5-7,9H,3-4,8,10-13,21H2,(H,22,23);1H. The van der Waals surface area contributed by atoms with Crippen LogP contribution in [0, 0.1) is 5.82 Å². The van der Waals surface area contributed by atoms with Crippen molar-refractivity contribution in [2.75, 3.05) is 6.54 Å². The zero-order valence-electron chi connectivity index (χ0n) is 14.1. The van der Waals surface area contributed by atoms with Gasteiger partial charge in [0.25, 0.3) is 0 Å². The number of hydrogen-bond acceptors (Lipinski definition) is 3. The van der Waals surface area contributed by atoms with Crippen LogP contribution in [0.4, 0.5) is 4.39 Å². The molecule has 1 aliphatic carbocycles. The van der Waals surface area contributed by atoms with Crippen molar-refractivity contribution in [3.05, 3.63) is 48.0 Å². The smallest absolute Gasteiger partial charge is 0.220 e. The van der Waals surface area contributed by atoms with Gasteiger partial charge in [0.2, 0.25) is 5.91 Å². The molecular weight excluding hydrogens is 343 g/mol. The van der Waals surface area contributed by atoms with Crippen molar-refractivity contribution in [1.29, 1.82) is 0 Å². The predicted molar refractivity (Wildman–Crippen MR) is 98.1 cm³/mol.